The van der Waals surface area contributed by atoms with Gasteiger partial charge in [-0.3, -0.25) is 4.90 Å². The summed E-state index contributed by atoms with van der Waals surface area (Å²) in [4.78, 5) is 2.52. The van der Waals surface area contributed by atoms with Crippen molar-refractivity contribution >= 4 is 21.4 Å². The molecule has 1 saturated heterocycles. The molecule has 120 valence electrons. The molecule has 0 bridgehead atoms. The molecule has 2 aromatic rings. The summed E-state index contributed by atoms with van der Waals surface area (Å²) >= 11 is 1.68. The maximum atomic E-state index is 12.6. The summed E-state index contributed by atoms with van der Waals surface area (Å²) in [5.41, 5.74) is 1.74. The Kier molecular flexibility index (Phi) is 4.78. The third-order valence-electron chi connectivity index (χ3n) is 3.94. The number of thiophene rings is 1. The number of hydrogen-bond acceptors (Lipinski definition) is 5. The van der Waals surface area contributed by atoms with Gasteiger partial charge in [0.2, 0.25) is 10.0 Å². The molecule has 0 saturated carbocycles. The Hall–Kier alpha value is -1.72. The molecular weight excluding hydrogens is 330 g/mol. The van der Waals surface area contributed by atoms with E-state index in [0.717, 1.165) is 19.6 Å². The van der Waals surface area contributed by atoms with Crippen LogP contribution in [0.15, 0.2) is 46.0 Å². The highest BCUT2D eigenvalue weighted by molar-refractivity contribution is 7.89. The van der Waals surface area contributed by atoms with Crippen LogP contribution in [0.2, 0.25) is 0 Å². The molecule has 3 rings (SSSR count). The molecule has 0 aliphatic carbocycles. The Morgan fingerprint density at radius 3 is 2.35 bits per heavy atom. The zero-order chi connectivity index (χ0) is 16.3. The molecule has 0 unspecified atom stereocenters. The van der Waals surface area contributed by atoms with Gasteiger partial charge in [-0.1, -0.05) is 0 Å². The monoisotopic (exact) mass is 347 g/mol. The number of rotatable bonds is 4. The Morgan fingerprint density at radius 1 is 1.09 bits per heavy atom. The Balaban J connectivity index is 1.65. The first-order valence-electron chi connectivity index (χ1n) is 7.33. The first-order valence-corrected chi connectivity index (χ1v) is 9.71. The second kappa shape index (κ2) is 6.81. The lowest BCUT2D eigenvalue weighted by molar-refractivity contribution is 0.182. The van der Waals surface area contributed by atoms with Crippen LogP contribution < -0.4 is 0 Å². The molecule has 1 fully saturated rings. The van der Waals surface area contributed by atoms with Crippen molar-refractivity contribution in [1.82, 2.24) is 9.21 Å². The van der Waals surface area contributed by atoms with E-state index in [0.29, 0.717) is 18.7 Å². The highest BCUT2D eigenvalue weighted by Crippen LogP contribution is 2.19. The van der Waals surface area contributed by atoms with Gasteiger partial charge < -0.3 is 0 Å². The quantitative estimate of drug-likeness (QED) is 0.850. The number of hydrogen-bond donors (Lipinski definition) is 0. The van der Waals surface area contributed by atoms with E-state index in [4.69, 9.17) is 5.26 Å². The van der Waals surface area contributed by atoms with Crippen molar-refractivity contribution in [3.63, 3.8) is 0 Å². The van der Waals surface area contributed by atoms with Crippen LogP contribution in [0.4, 0.5) is 0 Å². The largest absolute Gasteiger partial charge is 0.296 e. The van der Waals surface area contributed by atoms with Crippen molar-refractivity contribution in [1.29, 1.82) is 5.26 Å². The van der Waals surface area contributed by atoms with Gasteiger partial charge in [-0.2, -0.15) is 20.9 Å². The summed E-state index contributed by atoms with van der Waals surface area (Å²) in [5, 5.41) is 13.0. The lowest BCUT2D eigenvalue weighted by Gasteiger charge is -2.33. The van der Waals surface area contributed by atoms with Gasteiger partial charge in [0.15, 0.2) is 0 Å². The smallest absolute Gasteiger partial charge is 0.243 e. The zero-order valence-electron chi connectivity index (χ0n) is 12.6. The highest BCUT2D eigenvalue weighted by atomic mass is 32.2. The van der Waals surface area contributed by atoms with Gasteiger partial charge in [0.1, 0.15) is 0 Å². The molecule has 0 N–H and O–H groups in total. The van der Waals surface area contributed by atoms with Crippen molar-refractivity contribution in [2.75, 3.05) is 26.2 Å². The van der Waals surface area contributed by atoms with E-state index in [-0.39, 0.29) is 4.90 Å². The topological polar surface area (TPSA) is 64.4 Å². The van der Waals surface area contributed by atoms with E-state index in [9.17, 15) is 8.42 Å². The van der Waals surface area contributed by atoms with Crippen molar-refractivity contribution in [2.45, 2.75) is 11.4 Å². The van der Waals surface area contributed by atoms with Gasteiger partial charge in [-0.05, 0) is 46.7 Å². The lowest BCUT2D eigenvalue weighted by atomic mass is 10.2. The Labute approximate surface area is 140 Å². The Morgan fingerprint density at radius 2 is 1.78 bits per heavy atom. The summed E-state index contributed by atoms with van der Waals surface area (Å²) < 4.78 is 26.8. The summed E-state index contributed by atoms with van der Waals surface area (Å²) in [5.74, 6) is 0. The predicted molar refractivity (Wildman–Crippen MR) is 89.5 cm³/mol. The fourth-order valence-corrected chi connectivity index (χ4v) is 4.70. The molecule has 1 aliphatic heterocycles. The molecule has 0 atom stereocenters. The fourth-order valence-electron chi connectivity index (χ4n) is 2.62. The normalized spacial score (nSPS) is 17.0. The average Bonchev–Trinajstić information content (AvgIpc) is 3.08. The minimum atomic E-state index is -3.47. The predicted octanol–water partition coefficient (Wildman–Crippen LogP) is 2.13. The molecule has 7 heteroatoms. The number of nitriles is 1. The van der Waals surface area contributed by atoms with E-state index in [1.807, 2.05) is 6.07 Å². The van der Waals surface area contributed by atoms with E-state index in [1.165, 1.54) is 22.0 Å². The number of benzene rings is 1. The van der Waals surface area contributed by atoms with Crippen LogP contribution in [-0.4, -0.2) is 43.8 Å². The number of sulfonamides is 1. The minimum Gasteiger partial charge on any atom is -0.296 e. The molecular formula is C16H17N3O2S2. The second-order valence-electron chi connectivity index (χ2n) is 5.45. The van der Waals surface area contributed by atoms with Crippen LogP contribution in [0, 0.1) is 11.3 Å². The number of piperazine rings is 1. The third kappa shape index (κ3) is 3.62. The van der Waals surface area contributed by atoms with Crippen LogP contribution in [0.25, 0.3) is 0 Å². The van der Waals surface area contributed by atoms with E-state index in [1.54, 1.807) is 23.5 Å². The van der Waals surface area contributed by atoms with Gasteiger partial charge in [0.25, 0.3) is 0 Å². The minimum absolute atomic E-state index is 0.253. The zero-order valence-corrected chi connectivity index (χ0v) is 14.2. The first-order chi connectivity index (χ1) is 11.1. The van der Waals surface area contributed by atoms with Crippen LogP contribution in [0.5, 0.6) is 0 Å². The van der Waals surface area contributed by atoms with Crippen LogP contribution in [0.1, 0.15) is 11.1 Å². The van der Waals surface area contributed by atoms with E-state index in [2.05, 4.69) is 21.7 Å². The van der Waals surface area contributed by atoms with Crippen LogP contribution in [-0.2, 0) is 16.6 Å². The second-order valence-corrected chi connectivity index (χ2v) is 8.17. The maximum Gasteiger partial charge on any atom is 0.243 e. The van der Waals surface area contributed by atoms with E-state index < -0.39 is 10.0 Å². The van der Waals surface area contributed by atoms with Gasteiger partial charge in [-0.15, -0.1) is 0 Å². The molecule has 1 aliphatic rings. The molecule has 0 spiro atoms. The third-order valence-corrected chi connectivity index (χ3v) is 6.58. The Bertz CT molecular complexity index is 785. The molecule has 0 amide bonds. The summed E-state index contributed by atoms with van der Waals surface area (Å²) in [6, 6.07) is 10.2. The van der Waals surface area contributed by atoms with Crippen molar-refractivity contribution < 1.29 is 8.42 Å². The van der Waals surface area contributed by atoms with Gasteiger partial charge in [-0.25, -0.2) is 8.42 Å². The molecule has 0 radical (unpaired) electrons. The SMILES string of the molecule is N#Cc1ccc(S(=O)(=O)N2CCN(Cc3ccsc3)CC2)cc1. The van der Waals surface area contributed by atoms with Gasteiger partial charge >= 0.3 is 0 Å². The molecule has 23 heavy (non-hydrogen) atoms. The average molecular weight is 347 g/mol. The van der Waals surface area contributed by atoms with Gasteiger partial charge in [0, 0.05) is 32.7 Å². The fraction of sp³-hybridized carbons (Fsp3) is 0.312. The number of nitrogens with zero attached hydrogens (tertiary/aromatic N) is 3. The van der Waals surface area contributed by atoms with Crippen molar-refractivity contribution in [3.8, 4) is 6.07 Å². The summed E-state index contributed by atoms with van der Waals surface area (Å²) in [6.45, 7) is 3.31. The first kappa shape index (κ1) is 16.1. The molecule has 1 aromatic heterocycles. The van der Waals surface area contributed by atoms with Crippen molar-refractivity contribution in [2.24, 2.45) is 0 Å². The summed E-state index contributed by atoms with van der Waals surface area (Å²) in [7, 11) is -3.47. The molecule has 2 heterocycles. The van der Waals surface area contributed by atoms with Crippen LogP contribution >= 0.6 is 11.3 Å². The van der Waals surface area contributed by atoms with E-state index >= 15 is 0 Å². The van der Waals surface area contributed by atoms with Gasteiger partial charge in [0.05, 0.1) is 16.5 Å². The highest BCUT2D eigenvalue weighted by Gasteiger charge is 2.28. The van der Waals surface area contributed by atoms with Crippen molar-refractivity contribution in [3.05, 3.63) is 52.2 Å². The van der Waals surface area contributed by atoms with Crippen LogP contribution in [0.3, 0.4) is 0 Å². The molecule has 5 nitrogen and oxygen atoms in total. The lowest BCUT2D eigenvalue weighted by Crippen LogP contribution is -2.48. The summed E-state index contributed by atoms with van der Waals surface area (Å²) in [6.07, 6.45) is 0. The maximum absolute atomic E-state index is 12.6. The standard InChI is InChI=1S/C16H17N3O2S2/c17-11-14-1-3-16(4-2-14)23(20,21)19-8-6-18(7-9-19)12-15-5-10-22-13-15/h1-5,10,13H,6-9,12H2. The molecule has 1 aromatic carbocycles.